The lowest BCUT2D eigenvalue weighted by atomic mass is 9.82. The van der Waals surface area contributed by atoms with Crippen molar-refractivity contribution in [3.8, 4) is 6.07 Å². The first-order valence-electron chi connectivity index (χ1n) is 5.83. The molecule has 4 nitrogen and oxygen atoms in total. The van der Waals surface area contributed by atoms with E-state index in [1.807, 2.05) is 23.1 Å². The summed E-state index contributed by atoms with van der Waals surface area (Å²) in [7, 11) is 0. The van der Waals surface area contributed by atoms with Crippen LogP contribution in [0.1, 0.15) is 19.8 Å². The Morgan fingerprint density at radius 2 is 2.12 bits per heavy atom. The predicted molar refractivity (Wildman–Crippen MR) is 61.6 cm³/mol. The van der Waals surface area contributed by atoms with E-state index in [4.69, 9.17) is 5.26 Å². The van der Waals surface area contributed by atoms with Gasteiger partial charge in [-0.05, 0) is 38.9 Å². The van der Waals surface area contributed by atoms with Crippen LogP contribution in [0.3, 0.4) is 0 Å². The summed E-state index contributed by atoms with van der Waals surface area (Å²) in [5.74, 6) is 0. The van der Waals surface area contributed by atoms with Crippen LogP contribution >= 0.6 is 0 Å². The van der Waals surface area contributed by atoms with Gasteiger partial charge in [0.2, 0.25) is 0 Å². The minimum Gasteiger partial charge on any atom is -0.301 e. The van der Waals surface area contributed by atoms with Crippen molar-refractivity contribution in [2.75, 3.05) is 19.6 Å². The second-order valence-electron chi connectivity index (χ2n) is 4.78. The summed E-state index contributed by atoms with van der Waals surface area (Å²) in [6, 6.07) is 4.37. The molecular weight excluding hydrogens is 200 g/mol. The van der Waals surface area contributed by atoms with Gasteiger partial charge in [-0.2, -0.15) is 10.4 Å². The van der Waals surface area contributed by atoms with Crippen LogP contribution in [0.4, 0.5) is 0 Å². The van der Waals surface area contributed by atoms with E-state index in [1.165, 1.54) is 0 Å². The summed E-state index contributed by atoms with van der Waals surface area (Å²) in [4.78, 5) is 2.42. The summed E-state index contributed by atoms with van der Waals surface area (Å²) in [6.07, 6.45) is 5.78. The number of hydrogen-bond acceptors (Lipinski definition) is 3. The first-order chi connectivity index (χ1) is 7.72. The maximum Gasteiger partial charge on any atom is 0.0687 e. The zero-order valence-corrected chi connectivity index (χ0v) is 9.76. The largest absolute Gasteiger partial charge is 0.301 e. The molecule has 0 aromatic carbocycles. The monoisotopic (exact) mass is 218 g/mol. The molecule has 0 saturated carbocycles. The zero-order valence-electron chi connectivity index (χ0n) is 9.76. The molecule has 1 aromatic rings. The maximum absolute atomic E-state index is 9.03. The highest BCUT2D eigenvalue weighted by Gasteiger charge is 2.29. The molecule has 0 spiro atoms. The van der Waals surface area contributed by atoms with Crippen LogP contribution in [0.25, 0.3) is 0 Å². The van der Waals surface area contributed by atoms with Gasteiger partial charge in [0.25, 0.3) is 0 Å². The van der Waals surface area contributed by atoms with Crippen LogP contribution in [-0.2, 0) is 6.54 Å². The Morgan fingerprint density at radius 3 is 2.69 bits per heavy atom. The molecule has 1 aromatic heterocycles. The summed E-state index contributed by atoms with van der Waals surface area (Å²) in [5.41, 5.74) is -0.0950. The van der Waals surface area contributed by atoms with E-state index in [2.05, 4.69) is 23.0 Å². The zero-order chi connectivity index (χ0) is 11.4. The number of nitrogens with zero attached hydrogens (tertiary/aromatic N) is 4. The third kappa shape index (κ3) is 2.61. The highest BCUT2D eigenvalue weighted by atomic mass is 15.3. The molecular formula is C12H18N4. The van der Waals surface area contributed by atoms with E-state index in [0.29, 0.717) is 0 Å². The van der Waals surface area contributed by atoms with Crippen molar-refractivity contribution in [2.45, 2.75) is 26.3 Å². The fourth-order valence-corrected chi connectivity index (χ4v) is 2.06. The molecule has 2 rings (SSSR count). The van der Waals surface area contributed by atoms with Crippen molar-refractivity contribution in [3.63, 3.8) is 0 Å². The van der Waals surface area contributed by atoms with Gasteiger partial charge in [-0.25, -0.2) is 0 Å². The third-order valence-electron chi connectivity index (χ3n) is 3.43. The van der Waals surface area contributed by atoms with Gasteiger partial charge in [0.1, 0.15) is 0 Å². The van der Waals surface area contributed by atoms with Crippen molar-refractivity contribution in [1.29, 1.82) is 5.26 Å². The van der Waals surface area contributed by atoms with Crippen LogP contribution in [0.5, 0.6) is 0 Å². The number of hydrogen-bond donors (Lipinski definition) is 0. The lowest BCUT2D eigenvalue weighted by molar-refractivity contribution is 0.151. The van der Waals surface area contributed by atoms with Crippen LogP contribution in [0.15, 0.2) is 18.5 Å². The first-order valence-corrected chi connectivity index (χ1v) is 5.83. The Labute approximate surface area is 96.5 Å². The molecule has 86 valence electrons. The van der Waals surface area contributed by atoms with Gasteiger partial charge >= 0.3 is 0 Å². The molecule has 0 amide bonds. The molecule has 1 aliphatic heterocycles. The van der Waals surface area contributed by atoms with E-state index < -0.39 is 0 Å². The predicted octanol–water partition coefficient (Wildman–Crippen LogP) is 1.51. The average Bonchev–Trinajstić information content (AvgIpc) is 2.81. The van der Waals surface area contributed by atoms with Crippen molar-refractivity contribution < 1.29 is 0 Å². The van der Waals surface area contributed by atoms with Crippen LogP contribution in [0.2, 0.25) is 0 Å². The molecule has 0 atom stereocenters. The molecule has 16 heavy (non-hydrogen) atoms. The van der Waals surface area contributed by atoms with Gasteiger partial charge in [0.05, 0.1) is 18.0 Å². The van der Waals surface area contributed by atoms with Crippen molar-refractivity contribution in [2.24, 2.45) is 5.41 Å². The molecule has 0 unspecified atom stereocenters. The highest BCUT2D eigenvalue weighted by molar-refractivity contribution is 4.98. The third-order valence-corrected chi connectivity index (χ3v) is 3.43. The molecule has 0 N–H and O–H groups in total. The first kappa shape index (κ1) is 11.2. The molecule has 1 saturated heterocycles. The molecule has 1 fully saturated rings. The highest BCUT2D eigenvalue weighted by Crippen LogP contribution is 2.29. The molecule has 0 radical (unpaired) electrons. The van der Waals surface area contributed by atoms with Crippen LogP contribution in [0, 0.1) is 16.7 Å². The van der Waals surface area contributed by atoms with E-state index in [0.717, 1.165) is 39.0 Å². The van der Waals surface area contributed by atoms with E-state index in [1.54, 1.807) is 0 Å². The van der Waals surface area contributed by atoms with Crippen LogP contribution < -0.4 is 0 Å². The minimum absolute atomic E-state index is 0.0950. The van der Waals surface area contributed by atoms with Gasteiger partial charge in [-0.15, -0.1) is 0 Å². The molecule has 2 heterocycles. The summed E-state index contributed by atoms with van der Waals surface area (Å²) >= 11 is 0. The lowest BCUT2D eigenvalue weighted by Crippen LogP contribution is -2.39. The summed E-state index contributed by atoms with van der Waals surface area (Å²) in [6.45, 7) is 6.11. The van der Waals surface area contributed by atoms with Crippen molar-refractivity contribution >= 4 is 0 Å². The fourth-order valence-electron chi connectivity index (χ4n) is 2.06. The van der Waals surface area contributed by atoms with Crippen molar-refractivity contribution in [1.82, 2.24) is 14.7 Å². The Morgan fingerprint density at radius 1 is 1.38 bits per heavy atom. The van der Waals surface area contributed by atoms with Gasteiger partial charge in [-0.3, -0.25) is 4.68 Å². The standard InChI is InChI=1S/C12H18N4/c1-12(11-13)3-7-15(8-4-12)9-10-16-6-2-5-14-16/h2,5-6H,3-4,7-10H2,1H3. The normalized spacial score (nSPS) is 20.5. The number of nitriles is 1. The minimum atomic E-state index is -0.0950. The van der Waals surface area contributed by atoms with Gasteiger partial charge in [-0.1, -0.05) is 0 Å². The fraction of sp³-hybridized carbons (Fsp3) is 0.667. The summed E-state index contributed by atoms with van der Waals surface area (Å²) in [5, 5.41) is 13.2. The van der Waals surface area contributed by atoms with Gasteiger partial charge < -0.3 is 4.90 Å². The van der Waals surface area contributed by atoms with E-state index >= 15 is 0 Å². The maximum atomic E-state index is 9.03. The number of aromatic nitrogens is 2. The number of piperidine rings is 1. The second-order valence-corrected chi connectivity index (χ2v) is 4.78. The SMILES string of the molecule is CC1(C#N)CCN(CCn2cccn2)CC1. The molecule has 0 aliphatic carbocycles. The number of likely N-dealkylation sites (tertiary alicyclic amines) is 1. The molecule has 0 bridgehead atoms. The Balaban J connectivity index is 1.76. The second kappa shape index (κ2) is 4.67. The van der Waals surface area contributed by atoms with E-state index in [-0.39, 0.29) is 5.41 Å². The smallest absolute Gasteiger partial charge is 0.0687 e. The lowest BCUT2D eigenvalue weighted by Gasteiger charge is -2.34. The summed E-state index contributed by atoms with van der Waals surface area (Å²) < 4.78 is 1.96. The Bertz CT molecular complexity index is 355. The quantitative estimate of drug-likeness (QED) is 0.772. The number of rotatable bonds is 3. The Kier molecular flexibility index (Phi) is 3.25. The topological polar surface area (TPSA) is 44.9 Å². The Hall–Kier alpha value is -1.34. The van der Waals surface area contributed by atoms with Gasteiger partial charge in [0.15, 0.2) is 0 Å². The van der Waals surface area contributed by atoms with Crippen molar-refractivity contribution in [3.05, 3.63) is 18.5 Å². The molecule has 4 heteroatoms. The average molecular weight is 218 g/mol. The van der Waals surface area contributed by atoms with Gasteiger partial charge in [0, 0.05) is 18.9 Å². The van der Waals surface area contributed by atoms with E-state index in [9.17, 15) is 0 Å². The van der Waals surface area contributed by atoms with Crippen LogP contribution in [-0.4, -0.2) is 34.3 Å². The molecule has 1 aliphatic rings.